The fourth-order valence-electron chi connectivity index (χ4n) is 2.27. The summed E-state index contributed by atoms with van der Waals surface area (Å²) in [7, 11) is 0. The van der Waals surface area contributed by atoms with E-state index in [-0.39, 0.29) is 0 Å². The molecule has 0 aromatic rings. The Morgan fingerprint density at radius 1 is 0.895 bits per heavy atom. The third kappa shape index (κ3) is 9.38. The molecule has 0 aliphatic heterocycles. The highest BCUT2D eigenvalue weighted by Gasteiger charge is 2.17. The van der Waals surface area contributed by atoms with E-state index in [9.17, 15) is 5.11 Å². The third-order valence-electron chi connectivity index (χ3n) is 3.92. The van der Waals surface area contributed by atoms with Crippen molar-refractivity contribution in [1.82, 2.24) is 9.80 Å². The van der Waals surface area contributed by atoms with Gasteiger partial charge in [-0.05, 0) is 65.5 Å². The van der Waals surface area contributed by atoms with Crippen molar-refractivity contribution in [3.63, 3.8) is 0 Å². The Bertz CT molecular complexity index is 206. The largest absolute Gasteiger partial charge is 0.389 e. The number of rotatable bonds is 12. The van der Waals surface area contributed by atoms with E-state index in [2.05, 4.69) is 30.6 Å². The second-order valence-electron chi connectivity index (χ2n) is 5.62. The lowest BCUT2D eigenvalue weighted by atomic mass is 10.0. The number of hydrogen-bond acceptors (Lipinski definition) is 4. The molecule has 0 aromatic heterocycles. The lowest BCUT2D eigenvalue weighted by molar-refractivity contribution is 0.0544. The Balaban J connectivity index is 3.77. The van der Waals surface area contributed by atoms with Crippen molar-refractivity contribution in [1.29, 1.82) is 0 Å². The molecular weight excluding hydrogens is 238 g/mol. The maximum Gasteiger partial charge on any atom is 0.0741 e. The van der Waals surface area contributed by atoms with E-state index in [1.54, 1.807) is 0 Å². The van der Waals surface area contributed by atoms with Crippen LogP contribution in [0.3, 0.4) is 0 Å². The maximum atomic E-state index is 9.87. The van der Waals surface area contributed by atoms with E-state index in [0.717, 1.165) is 45.6 Å². The number of hydrogen-bond donors (Lipinski definition) is 2. The first-order chi connectivity index (χ1) is 8.99. The Hall–Kier alpha value is -0.160. The Labute approximate surface area is 120 Å². The highest BCUT2D eigenvalue weighted by atomic mass is 16.3. The van der Waals surface area contributed by atoms with Crippen LogP contribution in [0.2, 0.25) is 0 Å². The summed E-state index contributed by atoms with van der Waals surface area (Å²) in [6.45, 7) is 15.6. The molecule has 1 unspecified atom stereocenters. The van der Waals surface area contributed by atoms with Crippen molar-refractivity contribution in [3.05, 3.63) is 0 Å². The minimum Gasteiger partial charge on any atom is -0.389 e. The fraction of sp³-hybridized carbons (Fsp3) is 1.00. The van der Waals surface area contributed by atoms with Crippen molar-refractivity contribution < 1.29 is 5.11 Å². The smallest absolute Gasteiger partial charge is 0.0741 e. The summed E-state index contributed by atoms with van der Waals surface area (Å²) in [6, 6.07) is 0. The summed E-state index contributed by atoms with van der Waals surface area (Å²) in [5, 5.41) is 9.87. The second-order valence-corrected chi connectivity index (χ2v) is 5.62. The zero-order chi connectivity index (χ0) is 14.7. The number of nitrogens with two attached hydrogens (primary N) is 1. The van der Waals surface area contributed by atoms with Gasteiger partial charge in [-0.15, -0.1) is 0 Å². The van der Waals surface area contributed by atoms with Crippen molar-refractivity contribution in [3.8, 4) is 0 Å². The maximum absolute atomic E-state index is 9.87. The van der Waals surface area contributed by atoms with E-state index in [1.165, 1.54) is 13.0 Å². The summed E-state index contributed by atoms with van der Waals surface area (Å²) >= 11 is 0. The summed E-state index contributed by atoms with van der Waals surface area (Å²) < 4.78 is 0. The van der Waals surface area contributed by atoms with Gasteiger partial charge in [-0.3, -0.25) is 0 Å². The van der Waals surface area contributed by atoms with Gasteiger partial charge in [0.05, 0.1) is 5.60 Å². The molecule has 0 amide bonds. The average Bonchev–Trinajstić information content (AvgIpc) is 2.41. The zero-order valence-electron chi connectivity index (χ0n) is 13.5. The van der Waals surface area contributed by atoms with Crippen LogP contribution >= 0.6 is 0 Å². The van der Waals surface area contributed by atoms with Crippen LogP contribution in [0.4, 0.5) is 0 Å². The molecule has 0 saturated carbocycles. The summed E-state index contributed by atoms with van der Waals surface area (Å²) in [5.74, 6) is 0. The van der Waals surface area contributed by atoms with E-state index >= 15 is 0 Å². The van der Waals surface area contributed by atoms with Crippen LogP contribution in [0.25, 0.3) is 0 Å². The first kappa shape index (κ1) is 18.8. The molecule has 1 atom stereocenters. The molecule has 0 aliphatic carbocycles. The lowest BCUT2D eigenvalue weighted by Gasteiger charge is -2.25. The SMILES string of the molecule is CCN(CC)CCCN(CC)CCCC(C)(O)CN. The molecule has 0 rings (SSSR count). The van der Waals surface area contributed by atoms with Gasteiger partial charge in [0.1, 0.15) is 0 Å². The van der Waals surface area contributed by atoms with Crippen LogP contribution in [-0.2, 0) is 0 Å². The van der Waals surface area contributed by atoms with Crippen LogP contribution in [0, 0.1) is 0 Å². The van der Waals surface area contributed by atoms with Crippen molar-refractivity contribution in [2.24, 2.45) is 5.73 Å². The molecule has 0 radical (unpaired) electrons. The van der Waals surface area contributed by atoms with Crippen LogP contribution in [0.5, 0.6) is 0 Å². The van der Waals surface area contributed by atoms with Crippen molar-refractivity contribution >= 4 is 0 Å². The average molecular weight is 273 g/mol. The summed E-state index contributed by atoms with van der Waals surface area (Å²) in [5.41, 5.74) is 4.84. The molecule has 0 fully saturated rings. The van der Waals surface area contributed by atoms with Gasteiger partial charge >= 0.3 is 0 Å². The third-order valence-corrected chi connectivity index (χ3v) is 3.92. The van der Waals surface area contributed by atoms with Gasteiger partial charge in [-0.25, -0.2) is 0 Å². The normalized spacial score (nSPS) is 15.2. The van der Waals surface area contributed by atoms with E-state index in [1.807, 2.05) is 6.92 Å². The Morgan fingerprint density at radius 3 is 1.84 bits per heavy atom. The molecule has 0 bridgehead atoms. The molecule has 19 heavy (non-hydrogen) atoms. The van der Waals surface area contributed by atoms with Gasteiger partial charge in [0.25, 0.3) is 0 Å². The predicted octanol–water partition coefficient (Wildman–Crippen LogP) is 1.53. The molecule has 116 valence electrons. The van der Waals surface area contributed by atoms with E-state index in [0.29, 0.717) is 6.54 Å². The van der Waals surface area contributed by atoms with Gasteiger partial charge in [0.15, 0.2) is 0 Å². The van der Waals surface area contributed by atoms with Crippen LogP contribution in [-0.4, -0.2) is 66.3 Å². The van der Waals surface area contributed by atoms with Gasteiger partial charge in [0.2, 0.25) is 0 Å². The molecule has 0 aromatic carbocycles. The molecule has 3 N–H and O–H groups in total. The second kappa shape index (κ2) is 10.6. The molecule has 4 nitrogen and oxygen atoms in total. The molecule has 0 heterocycles. The lowest BCUT2D eigenvalue weighted by Crippen LogP contribution is -2.36. The Kier molecular flexibility index (Phi) is 10.5. The summed E-state index contributed by atoms with van der Waals surface area (Å²) in [4.78, 5) is 4.93. The quantitative estimate of drug-likeness (QED) is 0.566. The van der Waals surface area contributed by atoms with Crippen molar-refractivity contribution in [2.45, 2.75) is 52.6 Å². The number of aliphatic hydroxyl groups is 1. The molecule has 0 saturated heterocycles. The monoisotopic (exact) mass is 273 g/mol. The number of nitrogens with zero attached hydrogens (tertiary/aromatic N) is 2. The zero-order valence-corrected chi connectivity index (χ0v) is 13.5. The summed E-state index contributed by atoms with van der Waals surface area (Å²) in [6.07, 6.45) is 3.03. The van der Waals surface area contributed by atoms with Crippen LogP contribution in [0.15, 0.2) is 0 Å². The van der Waals surface area contributed by atoms with Gasteiger partial charge in [0, 0.05) is 6.54 Å². The standard InChI is InChI=1S/C15H35N3O/c1-5-17(6-2)12-9-13-18(7-3)11-8-10-15(4,19)14-16/h19H,5-14,16H2,1-4H3. The van der Waals surface area contributed by atoms with Crippen LogP contribution < -0.4 is 5.73 Å². The van der Waals surface area contributed by atoms with Gasteiger partial charge < -0.3 is 20.6 Å². The molecular formula is C15H35N3O. The van der Waals surface area contributed by atoms with Crippen LogP contribution in [0.1, 0.15) is 47.0 Å². The van der Waals surface area contributed by atoms with Gasteiger partial charge in [-0.2, -0.15) is 0 Å². The topological polar surface area (TPSA) is 52.7 Å². The van der Waals surface area contributed by atoms with Crippen molar-refractivity contribution in [2.75, 3.05) is 45.8 Å². The first-order valence-corrected chi connectivity index (χ1v) is 7.86. The van der Waals surface area contributed by atoms with Gasteiger partial charge in [-0.1, -0.05) is 20.8 Å². The Morgan fingerprint density at radius 2 is 1.37 bits per heavy atom. The fourth-order valence-corrected chi connectivity index (χ4v) is 2.27. The van der Waals surface area contributed by atoms with E-state index < -0.39 is 5.60 Å². The van der Waals surface area contributed by atoms with E-state index in [4.69, 9.17) is 5.73 Å². The highest BCUT2D eigenvalue weighted by molar-refractivity contribution is 4.73. The molecule has 0 spiro atoms. The first-order valence-electron chi connectivity index (χ1n) is 7.86. The predicted molar refractivity (Wildman–Crippen MR) is 83.4 cm³/mol. The highest BCUT2D eigenvalue weighted by Crippen LogP contribution is 2.10. The molecule has 4 heteroatoms. The minimum atomic E-state index is -0.694. The minimum absolute atomic E-state index is 0.348. The molecule has 0 aliphatic rings.